The van der Waals surface area contributed by atoms with Gasteiger partial charge in [-0.25, -0.2) is 0 Å². The van der Waals surface area contributed by atoms with Crippen LogP contribution in [0, 0.1) is 11.3 Å². The second kappa shape index (κ2) is 6.27. The molecule has 1 unspecified atom stereocenters. The first-order chi connectivity index (χ1) is 8.81. The van der Waals surface area contributed by atoms with E-state index in [9.17, 15) is 0 Å². The maximum Gasteiger partial charge on any atom is 0.101 e. The van der Waals surface area contributed by atoms with Crippen LogP contribution in [-0.2, 0) is 4.74 Å². The predicted octanol–water partition coefficient (Wildman–Crippen LogP) is 2.51. The molecule has 1 aliphatic heterocycles. The van der Waals surface area contributed by atoms with Crippen molar-refractivity contribution in [1.82, 2.24) is 0 Å². The minimum atomic E-state index is 0.367. The Hall–Kier alpha value is -1.73. The molecule has 0 saturated carbocycles. The summed E-state index contributed by atoms with van der Waals surface area (Å²) in [4.78, 5) is 0. The number of para-hydroxylation sites is 1. The van der Waals surface area contributed by atoms with E-state index >= 15 is 0 Å². The molecule has 1 aromatic rings. The van der Waals surface area contributed by atoms with Gasteiger partial charge in [0.05, 0.1) is 23.0 Å². The monoisotopic (exact) mass is 245 g/mol. The molecule has 1 atom stereocenters. The van der Waals surface area contributed by atoms with Crippen LogP contribution in [0.4, 0.5) is 11.4 Å². The van der Waals surface area contributed by atoms with Gasteiger partial charge in [0.2, 0.25) is 0 Å². The van der Waals surface area contributed by atoms with E-state index in [1.807, 2.05) is 12.1 Å². The van der Waals surface area contributed by atoms with Gasteiger partial charge in [0, 0.05) is 13.2 Å². The van der Waals surface area contributed by atoms with E-state index in [0.29, 0.717) is 17.4 Å². The van der Waals surface area contributed by atoms with Crippen LogP contribution in [-0.4, -0.2) is 19.3 Å². The molecule has 18 heavy (non-hydrogen) atoms. The molecule has 0 bridgehead atoms. The number of benzene rings is 1. The fourth-order valence-electron chi connectivity index (χ4n) is 2.22. The summed E-state index contributed by atoms with van der Waals surface area (Å²) in [6.07, 6.45) is 4.94. The number of hydrogen-bond donors (Lipinski definition) is 2. The van der Waals surface area contributed by atoms with Crippen LogP contribution < -0.4 is 11.1 Å². The molecule has 1 aromatic carbocycles. The minimum absolute atomic E-state index is 0.367. The van der Waals surface area contributed by atoms with Gasteiger partial charge < -0.3 is 15.8 Å². The van der Waals surface area contributed by atoms with Gasteiger partial charge in [-0.1, -0.05) is 6.07 Å². The van der Waals surface area contributed by atoms with Gasteiger partial charge in [-0.15, -0.1) is 0 Å². The Kier molecular flexibility index (Phi) is 4.43. The highest BCUT2D eigenvalue weighted by Crippen LogP contribution is 2.22. The average molecular weight is 245 g/mol. The normalized spacial score (nSPS) is 19.2. The quantitative estimate of drug-likeness (QED) is 0.799. The van der Waals surface area contributed by atoms with Crippen LogP contribution in [0.3, 0.4) is 0 Å². The molecule has 96 valence electrons. The van der Waals surface area contributed by atoms with Gasteiger partial charge in [0.1, 0.15) is 6.07 Å². The zero-order valence-electron chi connectivity index (χ0n) is 10.5. The Bertz CT molecular complexity index is 433. The van der Waals surface area contributed by atoms with Gasteiger partial charge in [-0.2, -0.15) is 5.26 Å². The lowest BCUT2D eigenvalue weighted by Gasteiger charge is -2.22. The number of nitrogens with one attached hydrogen (secondary N) is 1. The summed E-state index contributed by atoms with van der Waals surface area (Å²) in [5.41, 5.74) is 7.79. The second-order valence-corrected chi connectivity index (χ2v) is 4.58. The molecule has 1 saturated heterocycles. The van der Waals surface area contributed by atoms with Crippen LogP contribution in [0.15, 0.2) is 18.2 Å². The first-order valence-corrected chi connectivity index (χ1v) is 6.45. The topological polar surface area (TPSA) is 71.1 Å². The SMILES string of the molecule is N#Cc1cccc(NCCC2CCCCO2)c1N. The van der Waals surface area contributed by atoms with Gasteiger partial charge in [0.25, 0.3) is 0 Å². The van der Waals surface area contributed by atoms with E-state index in [1.165, 1.54) is 12.8 Å². The molecule has 4 nitrogen and oxygen atoms in total. The summed E-state index contributed by atoms with van der Waals surface area (Å²) in [5, 5.41) is 12.2. The van der Waals surface area contributed by atoms with Crippen molar-refractivity contribution < 1.29 is 4.74 Å². The molecule has 2 rings (SSSR count). The molecule has 4 heteroatoms. The summed E-state index contributed by atoms with van der Waals surface area (Å²) < 4.78 is 5.67. The largest absolute Gasteiger partial charge is 0.396 e. The maximum absolute atomic E-state index is 8.89. The van der Waals surface area contributed by atoms with E-state index in [0.717, 1.165) is 31.7 Å². The molecule has 1 fully saturated rings. The molecule has 0 aromatic heterocycles. The fourth-order valence-corrected chi connectivity index (χ4v) is 2.22. The Morgan fingerprint density at radius 2 is 2.33 bits per heavy atom. The number of rotatable bonds is 4. The number of nitrogen functional groups attached to an aromatic ring is 1. The third-order valence-electron chi connectivity index (χ3n) is 3.28. The van der Waals surface area contributed by atoms with Gasteiger partial charge in [-0.3, -0.25) is 0 Å². The number of ether oxygens (including phenoxy) is 1. The summed E-state index contributed by atoms with van der Waals surface area (Å²) in [5.74, 6) is 0. The molecule has 3 N–H and O–H groups in total. The Balaban J connectivity index is 1.84. The van der Waals surface area contributed by atoms with Crippen molar-refractivity contribution in [2.24, 2.45) is 0 Å². The Labute approximate surface area is 108 Å². The van der Waals surface area contributed by atoms with Crippen LogP contribution in [0.5, 0.6) is 0 Å². The van der Waals surface area contributed by atoms with Crippen molar-refractivity contribution in [3.63, 3.8) is 0 Å². The molecule has 0 aliphatic carbocycles. The van der Waals surface area contributed by atoms with Crippen molar-refractivity contribution in [3.8, 4) is 6.07 Å². The van der Waals surface area contributed by atoms with Crippen molar-refractivity contribution in [2.75, 3.05) is 24.2 Å². The second-order valence-electron chi connectivity index (χ2n) is 4.58. The van der Waals surface area contributed by atoms with Gasteiger partial charge in [0.15, 0.2) is 0 Å². The van der Waals surface area contributed by atoms with Crippen LogP contribution in [0.2, 0.25) is 0 Å². The first kappa shape index (κ1) is 12.7. The average Bonchev–Trinajstić information content (AvgIpc) is 2.42. The van der Waals surface area contributed by atoms with Gasteiger partial charge in [-0.05, 0) is 37.8 Å². The van der Waals surface area contributed by atoms with E-state index < -0.39 is 0 Å². The minimum Gasteiger partial charge on any atom is -0.396 e. The van der Waals surface area contributed by atoms with E-state index in [4.69, 9.17) is 15.7 Å². The zero-order valence-corrected chi connectivity index (χ0v) is 10.5. The predicted molar refractivity (Wildman–Crippen MR) is 72.3 cm³/mol. The standard InChI is InChI=1S/C14H19N3O/c15-10-11-4-3-6-13(14(11)16)17-8-7-12-5-1-2-9-18-12/h3-4,6,12,17H,1-2,5,7-9,16H2. The Morgan fingerprint density at radius 1 is 1.44 bits per heavy atom. The molecule has 1 heterocycles. The van der Waals surface area contributed by atoms with E-state index in [-0.39, 0.29) is 0 Å². The molecular formula is C14H19N3O. The highest BCUT2D eigenvalue weighted by molar-refractivity contribution is 5.72. The van der Waals surface area contributed by atoms with Crippen molar-refractivity contribution >= 4 is 11.4 Å². The van der Waals surface area contributed by atoms with Gasteiger partial charge >= 0.3 is 0 Å². The summed E-state index contributed by atoms with van der Waals surface area (Å²) in [6.45, 7) is 1.71. The molecular weight excluding hydrogens is 226 g/mol. The molecule has 1 aliphatic rings. The Morgan fingerprint density at radius 3 is 3.06 bits per heavy atom. The zero-order chi connectivity index (χ0) is 12.8. The lowest BCUT2D eigenvalue weighted by atomic mass is 10.1. The molecule has 0 radical (unpaired) electrons. The van der Waals surface area contributed by atoms with Crippen LogP contribution >= 0.6 is 0 Å². The van der Waals surface area contributed by atoms with Crippen molar-refractivity contribution in [1.29, 1.82) is 5.26 Å². The smallest absolute Gasteiger partial charge is 0.101 e. The first-order valence-electron chi connectivity index (χ1n) is 6.45. The summed E-state index contributed by atoms with van der Waals surface area (Å²) in [6, 6.07) is 7.56. The maximum atomic E-state index is 8.89. The van der Waals surface area contributed by atoms with Crippen LogP contribution in [0.1, 0.15) is 31.2 Å². The number of anilines is 2. The van der Waals surface area contributed by atoms with Crippen molar-refractivity contribution in [3.05, 3.63) is 23.8 Å². The molecule has 0 amide bonds. The number of nitrogens with two attached hydrogens (primary N) is 1. The third kappa shape index (κ3) is 3.14. The summed E-state index contributed by atoms with van der Waals surface area (Å²) >= 11 is 0. The lowest BCUT2D eigenvalue weighted by molar-refractivity contribution is 0.0134. The summed E-state index contributed by atoms with van der Waals surface area (Å²) in [7, 11) is 0. The number of hydrogen-bond acceptors (Lipinski definition) is 4. The fraction of sp³-hybridized carbons (Fsp3) is 0.500. The third-order valence-corrected chi connectivity index (χ3v) is 3.28. The van der Waals surface area contributed by atoms with E-state index in [1.54, 1.807) is 6.07 Å². The lowest BCUT2D eigenvalue weighted by Crippen LogP contribution is -2.22. The number of nitrogens with zero attached hydrogens (tertiary/aromatic N) is 1. The number of nitriles is 1. The van der Waals surface area contributed by atoms with Crippen molar-refractivity contribution in [2.45, 2.75) is 31.8 Å². The van der Waals surface area contributed by atoms with E-state index in [2.05, 4.69) is 11.4 Å². The highest BCUT2D eigenvalue weighted by atomic mass is 16.5. The highest BCUT2D eigenvalue weighted by Gasteiger charge is 2.13. The molecule has 0 spiro atoms. The van der Waals surface area contributed by atoms with Crippen LogP contribution in [0.25, 0.3) is 0 Å².